The number of phosphoric acid groups is 1. The molecular formula is C22H28FN10O9P. The third kappa shape index (κ3) is 5.25. The van der Waals surface area contributed by atoms with Crippen molar-refractivity contribution in [3.63, 3.8) is 0 Å². The van der Waals surface area contributed by atoms with Gasteiger partial charge in [-0.3, -0.25) is 28.0 Å². The number of fused-ring (bicyclic) bond motifs is 2. The lowest BCUT2D eigenvalue weighted by Crippen LogP contribution is -2.39. The van der Waals surface area contributed by atoms with E-state index < -0.39 is 69.1 Å². The lowest BCUT2D eigenvalue weighted by Gasteiger charge is -2.24. The molecule has 2 aliphatic heterocycles. The average Bonchev–Trinajstić information content (AvgIpc) is 3.70. The molecule has 0 spiro atoms. The molecule has 0 aromatic carbocycles. The highest BCUT2D eigenvalue weighted by atomic mass is 31.2. The molecule has 4 aromatic heterocycles. The first-order valence-corrected chi connectivity index (χ1v) is 14.5. The normalized spacial score (nSPS) is 30.8. The van der Waals surface area contributed by atoms with Gasteiger partial charge in [-0.2, -0.15) is 4.98 Å². The molecule has 21 heteroatoms. The number of hydrogen-bond donors (Lipinski definition) is 6. The molecule has 2 saturated heterocycles. The molecule has 6 heterocycles. The summed E-state index contributed by atoms with van der Waals surface area (Å²) >= 11 is 0. The number of aliphatic hydroxyl groups is 2. The summed E-state index contributed by atoms with van der Waals surface area (Å²) in [5.41, 5.74) is 8.95. The molecule has 0 amide bonds. The van der Waals surface area contributed by atoms with Crippen LogP contribution in [0.25, 0.3) is 22.3 Å². The predicted molar refractivity (Wildman–Crippen MR) is 143 cm³/mol. The minimum atomic E-state index is -4.79. The van der Waals surface area contributed by atoms with E-state index in [-0.39, 0.29) is 46.9 Å². The number of aromatic nitrogens is 8. The van der Waals surface area contributed by atoms with Crippen molar-refractivity contribution in [3.8, 4) is 0 Å². The molecule has 4 aromatic rings. The standard InChI is InChI=1S/C22H28FN10O9P/c1-22(23)14(35)10(41-20(22)33-8-28-12-15(24)26-6-27-16(12)33)2-3-39-43(37,38)42-11-4-9(5-34)40-19(11)32-7-29-13-17(32)30-21(25)31-18(13)36/h6-11,14,19-20,34-35H,2-5H2,1H3,(H,37,38)(H2,24,26,27)(H3,25,30,31,36)/t9-,10+,11+,14+,19?,20?,22-/m0/s1. The van der Waals surface area contributed by atoms with E-state index in [0.29, 0.717) is 0 Å². The minimum Gasteiger partial charge on any atom is -0.394 e. The van der Waals surface area contributed by atoms with Gasteiger partial charge >= 0.3 is 7.82 Å². The van der Waals surface area contributed by atoms with Gasteiger partial charge in [0.25, 0.3) is 5.56 Å². The highest BCUT2D eigenvalue weighted by Crippen LogP contribution is 2.50. The summed E-state index contributed by atoms with van der Waals surface area (Å²) in [4.78, 5) is 45.1. The molecule has 0 radical (unpaired) electrons. The first-order valence-electron chi connectivity index (χ1n) is 13.0. The third-order valence-electron chi connectivity index (χ3n) is 7.36. The van der Waals surface area contributed by atoms with Gasteiger partial charge in [-0.15, -0.1) is 0 Å². The molecule has 0 saturated carbocycles. The van der Waals surface area contributed by atoms with Crippen LogP contribution in [0, 0.1) is 0 Å². The number of H-pyrrole nitrogens is 1. The van der Waals surface area contributed by atoms with Crippen LogP contribution in [0.1, 0.15) is 32.2 Å². The van der Waals surface area contributed by atoms with Gasteiger partial charge in [-0.25, -0.2) is 28.9 Å². The number of aromatic amines is 1. The first-order chi connectivity index (χ1) is 20.4. The predicted octanol–water partition coefficient (Wildman–Crippen LogP) is -0.717. The van der Waals surface area contributed by atoms with E-state index in [2.05, 4.69) is 29.9 Å². The molecular weight excluding hydrogens is 598 g/mol. The third-order valence-corrected chi connectivity index (χ3v) is 8.40. The van der Waals surface area contributed by atoms with Crippen molar-refractivity contribution in [2.24, 2.45) is 0 Å². The summed E-state index contributed by atoms with van der Waals surface area (Å²) in [5, 5.41) is 20.3. The summed E-state index contributed by atoms with van der Waals surface area (Å²) in [7, 11) is -4.79. The Bertz CT molecular complexity index is 1760. The van der Waals surface area contributed by atoms with E-state index in [1.54, 1.807) is 0 Å². The number of halogens is 1. The van der Waals surface area contributed by atoms with Crippen LogP contribution in [0.4, 0.5) is 16.2 Å². The number of aliphatic hydroxyl groups excluding tert-OH is 2. The van der Waals surface area contributed by atoms with E-state index in [1.165, 1.54) is 28.1 Å². The van der Waals surface area contributed by atoms with Gasteiger partial charge in [-0.1, -0.05) is 0 Å². The Hall–Kier alpha value is -3.62. The van der Waals surface area contributed by atoms with Gasteiger partial charge in [-0.05, 0) is 6.92 Å². The van der Waals surface area contributed by atoms with E-state index in [9.17, 15) is 24.5 Å². The van der Waals surface area contributed by atoms with Crippen LogP contribution in [-0.4, -0.2) is 97.4 Å². The fourth-order valence-corrected chi connectivity index (χ4v) is 6.21. The number of hydrogen-bond acceptors (Lipinski definition) is 15. The Kier molecular flexibility index (Phi) is 7.42. The van der Waals surface area contributed by atoms with Crippen molar-refractivity contribution in [1.82, 2.24) is 39.0 Å². The number of rotatable bonds is 9. The molecule has 2 fully saturated rings. The summed E-state index contributed by atoms with van der Waals surface area (Å²) < 4.78 is 53.3. The van der Waals surface area contributed by atoms with Crippen LogP contribution in [-0.2, 0) is 23.1 Å². The first kappa shape index (κ1) is 29.5. The second kappa shape index (κ2) is 10.8. The monoisotopic (exact) mass is 626 g/mol. The largest absolute Gasteiger partial charge is 0.472 e. The number of nitrogen functional groups attached to an aromatic ring is 2. The number of alkyl halides is 1. The van der Waals surface area contributed by atoms with Gasteiger partial charge in [0.2, 0.25) is 5.95 Å². The smallest absolute Gasteiger partial charge is 0.394 e. The average molecular weight is 626 g/mol. The Morgan fingerprint density at radius 2 is 1.93 bits per heavy atom. The summed E-state index contributed by atoms with van der Waals surface area (Å²) in [5.74, 6) is -0.104. The number of nitrogens with two attached hydrogens (primary N) is 2. The molecule has 0 aliphatic carbocycles. The van der Waals surface area contributed by atoms with E-state index in [0.717, 1.165) is 6.92 Å². The van der Waals surface area contributed by atoms with Crippen LogP contribution in [0.3, 0.4) is 0 Å². The van der Waals surface area contributed by atoms with E-state index in [4.69, 9.17) is 30.0 Å². The number of ether oxygens (including phenoxy) is 2. The van der Waals surface area contributed by atoms with Gasteiger partial charge < -0.3 is 36.0 Å². The topological polar surface area (TPSA) is 274 Å². The Morgan fingerprint density at radius 3 is 2.70 bits per heavy atom. The van der Waals surface area contributed by atoms with Crippen LogP contribution in [0.2, 0.25) is 0 Å². The number of anilines is 2. The zero-order valence-electron chi connectivity index (χ0n) is 22.4. The number of phosphoric ester groups is 1. The molecule has 43 heavy (non-hydrogen) atoms. The minimum absolute atomic E-state index is 0.0211. The van der Waals surface area contributed by atoms with Crippen LogP contribution >= 0.6 is 7.82 Å². The molecule has 2 aliphatic rings. The molecule has 8 atom stereocenters. The fourth-order valence-electron chi connectivity index (χ4n) is 5.28. The van der Waals surface area contributed by atoms with Crippen molar-refractivity contribution < 1.29 is 42.6 Å². The van der Waals surface area contributed by atoms with Crippen molar-refractivity contribution in [2.75, 3.05) is 24.7 Å². The maximum Gasteiger partial charge on any atom is 0.472 e. The van der Waals surface area contributed by atoms with Crippen LogP contribution < -0.4 is 17.0 Å². The number of imidazole rings is 2. The number of nitrogens with one attached hydrogen (secondary N) is 1. The lowest BCUT2D eigenvalue weighted by atomic mass is 9.97. The maximum atomic E-state index is 15.7. The second-order valence-electron chi connectivity index (χ2n) is 10.3. The molecule has 232 valence electrons. The van der Waals surface area contributed by atoms with E-state index in [1.807, 2.05) is 0 Å². The maximum absolute atomic E-state index is 15.7. The highest BCUT2D eigenvalue weighted by molar-refractivity contribution is 7.47. The molecule has 19 nitrogen and oxygen atoms in total. The fraction of sp³-hybridized carbons (Fsp3) is 0.545. The summed E-state index contributed by atoms with van der Waals surface area (Å²) in [6.07, 6.45) is -3.75. The summed E-state index contributed by atoms with van der Waals surface area (Å²) in [6.45, 7) is 0.245. The number of nitrogens with zero attached hydrogens (tertiary/aromatic N) is 7. The van der Waals surface area contributed by atoms with E-state index >= 15 is 4.39 Å². The van der Waals surface area contributed by atoms with Crippen molar-refractivity contribution in [3.05, 3.63) is 29.3 Å². The van der Waals surface area contributed by atoms with Crippen LogP contribution in [0.15, 0.2) is 23.8 Å². The zero-order valence-corrected chi connectivity index (χ0v) is 23.3. The lowest BCUT2D eigenvalue weighted by molar-refractivity contribution is -0.0537. The Morgan fingerprint density at radius 1 is 1.19 bits per heavy atom. The van der Waals surface area contributed by atoms with Crippen LogP contribution in [0.5, 0.6) is 0 Å². The summed E-state index contributed by atoms with van der Waals surface area (Å²) in [6, 6.07) is 0. The SMILES string of the molecule is C[C@@]1(F)C(n2cnc3c(N)ncnc32)O[C@H](CCOP(=O)(O)O[C@@H]2C[C@@H](CO)OC2n2cnc3c(=O)[nH]c(N)nc32)[C@H]1O. The Balaban J connectivity index is 1.13. The zero-order chi connectivity index (χ0) is 30.7. The van der Waals surface area contributed by atoms with Crippen molar-refractivity contribution in [1.29, 1.82) is 0 Å². The Labute approximate surface area is 240 Å². The molecule has 3 unspecified atom stereocenters. The molecule has 6 rings (SSSR count). The second-order valence-corrected chi connectivity index (χ2v) is 11.7. The van der Waals surface area contributed by atoms with Gasteiger partial charge in [0, 0.05) is 12.8 Å². The molecule has 8 N–H and O–H groups in total. The van der Waals surface area contributed by atoms with Gasteiger partial charge in [0.15, 0.2) is 40.8 Å². The van der Waals surface area contributed by atoms with Crippen molar-refractivity contribution >= 4 is 41.9 Å². The quantitative estimate of drug-likeness (QED) is 0.125. The van der Waals surface area contributed by atoms with Gasteiger partial charge in [0.1, 0.15) is 24.1 Å². The van der Waals surface area contributed by atoms with Gasteiger partial charge in [0.05, 0.1) is 38.1 Å². The van der Waals surface area contributed by atoms with Crippen molar-refractivity contribution in [2.45, 2.75) is 62.3 Å². The molecule has 0 bridgehead atoms. The highest BCUT2D eigenvalue weighted by Gasteiger charge is 2.55.